The maximum absolute atomic E-state index is 15.0. The van der Waals surface area contributed by atoms with Gasteiger partial charge in [0.1, 0.15) is 5.82 Å². The normalized spacial score (nSPS) is 13.1. The molecule has 0 aliphatic heterocycles. The van der Waals surface area contributed by atoms with Gasteiger partial charge in [-0.1, -0.05) is 76.6 Å². The lowest BCUT2D eigenvalue weighted by atomic mass is 9.96. The van der Waals surface area contributed by atoms with Crippen LogP contribution in [0.5, 0.6) is 0 Å². The number of carbonyl (C=O) groups excluding carboxylic acids is 1. The molecular weight excluding hydrogens is 457 g/mol. The lowest BCUT2D eigenvalue weighted by Gasteiger charge is -2.37. The van der Waals surface area contributed by atoms with E-state index >= 15 is 4.39 Å². The molecule has 162 valence electrons. The van der Waals surface area contributed by atoms with Gasteiger partial charge in [-0.05, 0) is 43.2 Å². The third kappa shape index (κ3) is 6.25. The Bertz CT molecular complexity index is 981. The van der Waals surface area contributed by atoms with Crippen LogP contribution in [-0.4, -0.2) is 17.5 Å². The smallest absolute Gasteiger partial charge is 0.307 e. The first-order chi connectivity index (χ1) is 15.0. The van der Waals surface area contributed by atoms with Crippen LogP contribution in [0.1, 0.15) is 49.0 Å². The van der Waals surface area contributed by atoms with E-state index in [0.29, 0.717) is 18.7 Å². The number of esters is 1. The van der Waals surface area contributed by atoms with Crippen LogP contribution in [0.3, 0.4) is 0 Å². The van der Waals surface area contributed by atoms with Crippen molar-refractivity contribution in [1.29, 1.82) is 0 Å². The summed E-state index contributed by atoms with van der Waals surface area (Å²) in [6.07, 6.45) is 0.0607. The number of rotatable bonds is 9. The van der Waals surface area contributed by atoms with Crippen LogP contribution in [0.4, 0.5) is 4.39 Å². The average molecular weight is 484 g/mol. The van der Waals surface area contributed by atoms with Gasteiger partial charge >= 0.3 is 5.97 Å². The summed E-state index contributed by atoms with van der Waals surface area (Å²) in [6, 6.07) is 24.4. The summed E-state index contributed by atoms with van der Waals surface area (Å²) in [5.41, 5.74) is 2.67. The molecule has 0 spiro atoms. The van der Waals surface area contributed by atoms with Crippen LogP contribution in [0.25, 0.3) is 0 Å². The first-order valence-electron chi connectivity index (χ1n) is 10.4. The summed E-state index contributed by atoms with van der Waals surface area (Å²) in [5, 5.41) is 0. The van der Waals surface area contributed by atoms with Crippen molar-refractivity contribution in [3.8, 4) is 0 Å². The number of carbonyl (C=O) groups is 1. The molecule has 0 heterocycles. The second kappa shape index (κ2) is 11.2. The molecule has 0 saturated heterocycles. The van der Waals surface area contributed by atoms with Gasteiger partial charge in [-0.15, -0.1) is 0 Å². The quantitative estimate of drug-likeness (QED) is 0.311. The second-order valence-corrected chi connectivity index (χ2v) is 8.35. The lowest BCUT2D eigenvalue weighted by Crippen LogP contribution is -2.33. The molecular formula is C26H27BrFNO2. The van der Waals surface area contributed by atoms with E-state index in [1.807, 2.05) is 48.5 Å². The van der Waals surface area contributed by atoms with Gasteiger partial charge in [0.05, 0.1) is 13.0 Å². The van der Waals surface area contributed by atoms with Gasteiger partial charge in [0.15, 0.2) is 0 Å². The monoisotopic (exact) mass is 483 g/mol. The SMILES string of the molecule is CCOC(=O)CC(c1cc(Br)ccc1F)N(Cc1ccccc1)C(C)c1ccccc1. The predicted octanol–water partition coefficient (Wildman–Crippen LogP) is 6.85. The van der Waals surface area contributed by atoms with E-state index in [-0.39, 0.29) is 24.2 Å². The number of benzene rings is 3. The Kier molecular flexibility index (Phi) is 8.38. The van der Waals surface area contributed by atoms with E-state index in [1.165, 1.54) is 6.07 Å². The van der Waals surface area contributed by atoms with Crippen molar-refractivity contribution in [3.05, 3.63) is 106 Å². The maximum atomic E-state index is 15.0. The summed E-state index contributed by atoms with van der Waals surface area (Å²) in [7, 11) is 0. The summed E-state index contributed by atoms with van der Waals surface area (Å²) in [6.45, 7) is 4.72. The van der Waals surface area contributed by atoms with Crippen molar-refractivity contribution >= 4 is 21.9 Å². The van der Waals surface area contributed by atoms with E-state index in [2.05, 4.69) is 39.9 Å². The second-order valence-electron chi connectivity index (χ2n) is 7.44. The van der Waals surface area contributed by atoms with Crippen molar-refractivity contribution in [3.63, 3.8) is 0 Å². The zero-order valence-corrected chi connectivity index (χ0v) is 19.4. The van der Waals surface area contributed by atoms with Gasteiger partial charge in [0.2, 0.25) is 0 Å². The fourth-order valence-corrected chi connectivity index (χ4v) is 4.17. The number of hydrogen-bond acceptors (Lipinski definition) is 3. The summed E-state index contributed by atoms with van der Waals surface area (Å²) in [4.78, 5) is 14.7. The minimum atomic E-state index is -0.494. The zero-order valence-electron chi connectivity index (χ0n) is 17.8. The average Bonchev–Trinajstić information content (AvgIpc) is 2.79. The van der Waals surface area contributed by atoms with Crippen molar-refractivity contribution < 1.29 is 13.9 Å². The first-order valence-corrected chi connectivity index (χ1v) is 11.2. The molecule has 0 amide bonds. The third-order valence-electron chi connectivity index (χ3n) is 5.37. The third-order valence-corrected chi connectivity index (χ3v) is 5.86. The van der Waals surface area contributed by atoms with E-state index < -0.39 is 6.04 Å². The van der Waals surface area contributed by atoms with E-state index in [0.717, 1.165) is 15.6 Å². The van der Waals surface area contributed by atoms with Crippen LogP contribution in [-0.2, 0) is 16.1 Å². The maximum Gasteiger partial charge on any atom is 0.307 e. The van der Waals surface area contributed by atoms with Crippen LogP contribution in [0, 0.1) is 5.82 Å². The molecule has 2 unspecified atom stereocenters. The summed E-state index contributed by atoms with van der Waals surface area (Å²) < 4.78 is 21.0. The van der Waals surface area contributed by atoms with Crippen molar-refractivity contribution in [2.45, 2.75) is 38.9 Å². The van der Waals surface area contributed by atoms with Crippen molar-refractivity contribution in [1.82, 2.24) is 4.90 Å². The predicted molar refractivity (Wildman–Crippen MR) is 125 cm³/mol. The van der Waals surface area contributed by atoms with Gasteiger partial charge in [0.25, 0.3) is 0 Å². The van der Waals surface area contributed by atoms with Crippen LogP contribution >= 0.6 is 15.9 Å². The Labute approximate surface area is 192 Å². The Morgan fingerprint density at radius 1 is 1.03 bits per heavy atom. The Hall–Kier alpha value is -2.50. The molecule has 0 fully saturated rings. The van der Waals surface area contributed by atoms with E-state index in [1.54, 1.807) is 19.1 Å². The fourth-order valence-electron chi connectivity index (χ4n) is 3.79. The van der Waals surface area contributed by atoms with Gasteiger partial charge in [0, 0.05) is 28.7 Å². The topological polar surface area (TPSA) is 29.5 Å². The van der Waals surface area contributed by atoms with Gasteiger partial charge in [-0.3, -0.25) is 9.69 Å². The zero-order chi connectivity index (χ0) is 22.2. The largest absolute Gasteiger partial charge is 0.466 e. The molecule has 0 radical (unpaired) electrons. The molecule has 31 heavy (non-hydrogen) atoms. The molecule has 0 saturated carbocycles. The number of halogens is 2. The van der Waals surface area contributed by atoms with E-state index in [4.69, 9.17) is 4.74 Å². The Morgan fingerprint density at radius 2 is 1.68 bits per heavy atom. The molecule has 3 aromatic rings. The van der Waals surface area contributed by atoms with Crippen molar-refractivity contribution in [2.75, 3.05) is 6.61 Å². The first kappa shape index (κ1) is 23.2. The van der Waals surface area contributed by atoms with Gasteiger partial charge < -0.3 is 4.74 Å². The standard InChI is InChI=1S/C26H27BrFNO2/c1-3-31-26(30)17-25(23-16-22(27)14-15-24(23)28)29(18-20-10-6-4-7-11-20)19(2)21-12-8-5-9-13-21/h4-16,19,25H,3,17-18H2,1-2H3. The molecule has 3 nitrogen and oxygen atoms in total. The number of nitrogens with zero attached hydrogens (tertiary/aromatic N) is 1. The van der Waals surface area contributed by atoms with Crippen molar-refractivity contribution in [2.24, 2.45) is 0 Å². The number of ether oxygens (including phenoxy) is 1. The molecule has 0 aliphatic carbocycles. The Morgan fingerprint density at radius 3 is 2.32 bits per heavy atom. The highest BCUT2D eigenvalue weighted by atomic mass is 79.9. The van der Waals surface area contributed by atoms with Crippen LogP contribution in [0.2, 0.25) is 0 Å². The molecule has 0 bridgehead atoms. The van der Waals surface area contributed by atoms with Gasteiger partial charge in [-0.2, -0.15) is 0 Å². The van der Waals surface area contributed by atoms with Crippen LogP contribution < -0.4 is 0 Å². The summed E-state index contributed by atoms with van der Waals surface area (Å²) >= 11 is 3.46. The minimum Gasteiger partial charge on any atom is -0.466 e. The molecule has 0 N–H and O–H groups in total. The molecule has 0 aliphatic rings. The molecule has 3 aromatic carbocycles. The highest BCUT2D eigenvalue weighted by Crippen LogP contribution is 2.37. The highest BCUT2D eigenvalue weighted by Gasteiger charge is 2.31. The van der Waals surface area contributed by atoms with Gasteiger partial charge in [-0.25, -0.2) is 4.39 Å². The van der Waals surface area contributed by atoms with Crippen LogP contribution in [0.15, 0.2) is 83.3 Å². The Balaban J connectivity index is 2.08. The molecule has 5 heteroatoms. The molecule has 3 rings (SSSR count). The summed E-state index contributed by atoms with van der Waals surface area (Å²) in [5.74, 6) is -0.680. The minimum absolute atomic E-state index is 0.0563. The fraction of sp³-hybridized carbons (Fsp3) is 0.269. The molecule has 2 atom stereocenters. The highest BCUT2D eigenvalue weighted by molar-refractivity contribution is 9.10. The number of hydrogen-bond donors (Lipinski definition) is 0. The molecule has 0 aromatic heterocycles. The van der Waals surface area contributed by atoms with E-state index in [9.17, 15) is 4.79 Å². The lowest BCUT2D eigenvalue weighted by molar-refractivity contribution is -0.145.